The quantitative estimate of drug-likeness (QED) is 0.206. The van der Waals surface area contributed by atoms with E-state index in [0.29, 0.717) is 0 Å². The molecule has 0 saturated carbocycles. The molecule has 0 unspecified atom stereocenters. The number of carbonyl (C=O) groups is 3. The van der Waals surface area contributed by atoms with Gasteiger partial charge in [-0.2, -0.15) is 0 Å². The zero-order chi connectivity index (χ0) is 29.8. The molecule has 2 aliphatic heterocycles. The molecular weight excluding hydrogens is 601 g/mol. The first-order valence-corrected chi connectivity index (χ1v) is 16.0. The summed E-state index contributed by atoms with van der Waals surface area (Å²) in [6, 6.07) is 28.5. The molecule has 3 aromatic carbocycles. The number of benzene rings is 3. The summed E-state index contributed by atoms with van der Waals surface area (Å²) < 4.78 is 25.4. The number of ether oxygens (including phenoxy) is 4. The standard InChI is InChI=1S/C33H35NO7Se/c1-31(2,3)41-30(37)33(29(36)39-21-24-15-9-5-10-16-24)32(22-42-25-17-11-6-12-18-25)26(28(35)34-33)19-27(40-32)38-20-23-13-7-4-8-14-23/h4-18,26-27H,19-22H2,1-3H3,(H,34,35)/t26-,27+,32-,33-/m0/s1. The van der Waals surface area contributed by atoms with Gasteiger partial charge in [0.25, 0.3) is 0 Å². The van der Waals surface area contributed by atoms with Gasteiger partial charge in [0.1, 0.15) is 0 Å². The Morgan fingerprint density at radius 3 is 2.05 bits per heavy atom. The molecule has 1 N–H and O–H groups in total. The van der Waals surface area contributed by atoms with Crippen LogP contribution in [0.15, 0.2) is 91.0 Å². The van der Waals surface area contributed by atoms with Crippen molar-refractivity contribution in [2.75, 3.05) is 0 Å². The number of carbonyl (C=O) groups excluding carboxylic acids is 3. The van der Waals surface area contributed by atoms with Crippen LogP contribution in [0.3, 0.4) is 0 Å². The van der Waals surface area contributed by atoms with Gasteiger partial charge < -0.3 is 0 Å². The molecule has 42 heavy (non-hydrogen) atoms. The Balaban J connectivity index is 1.53. The normalized spacial score (nSPS) is 25.0. The molecule has 0 aliphatic carbocycles. The monoisotopic (exact) mass is 637 g/mol. The van der Waals surface area contributed by atoms with Gasteiger partial charge >= 0.3 is 253 Å². The molecule has 2 heterocycles. The molecule has 1 amide bonds. The van der Waals surface area contributed by atoms with Crippen molar-refractivity contribution in [3.05, 3.63) is 102 Å². The zero-order valence-electron chi connectivity index (χ0n) is 23.9. The second-order valence-corrected chi connectivity index (χ2v) is 13.6. The van der Waals surface area contributed by atoms with E-state index in [0.717, 1.165) is 15.6 Å². The van der Waals surface area contributed by atoms with Crippen molar-refractivity contribution in [1.29, 1.82) is 0 Å². The van der Waals surface area contributed by atoms with E-state index in [1.807, 2.05) is 91.0 Å². The molecule has 5 rings (SSSR count). The van der Waals surface area contributed by atoms with Gasteiger partial charge in [-0.3, -0.25) is 0 Å². The maximum atomic E-state index is 14.2. The average molecular weight is 637 g/mol. The van der Waals surface area contributed by atoms with Crippen molar-refractivity contribution >= 4 is 37.3 Å². The van der Waals surface area contributed by atoms with E-state index in [4.69, 9.17) is 18.9 Å². The van der Waals surface area contributed by atoms with E-state index in [1.54, 1.807) is 20.8 Å². The minimum absolute atomic E-state index is 0.0847. The van der Waals surface area contributed by atoms with E-state index in [1.165, 1.54) is 0 Å². The van der Waals surface area contributed by atoms with Crippen molar-refractivity contribution < 1.29 is 33.3 Å². The third kappa shape index (κ3) is 6.15. The summed E-state index contributed by atoms with van der Waals surface area (Å²) >= 11 is -0.271. The van der Waals surface area contributed by atoms with E-state index in [-0.39, 0.29) is 39.9 Å². The second-order valence-electron chi connectivity index (χ2n) is 11.4. The van der Waals surface area contributed by atoms with Crippen molar-refractivity contribution in [3.8, 4) is 0 Å². The van der Waals surface area contributed by atoms with Gasteiger partial charge in [0.05, 0.1) is 0 Å². The first-order valence-electron chi connectivity index (χ1n) is 13.9. The molecule has 2 fully saturated rings. The number of hydrogen-bond acceptors (Lipinski definition) is 7. The van der Waals surface area contributed by atoms with Crippen LogP contribution < -0.4 is 9.78 Å². The van der Waals surface area contributed by atoms with Gasteiger partial charge in [0.15, 0.2) is 0 Å². The van der Waals surface area contributed by atoms with Crippen molar-refractivity contribution in [2.45, 2.75) is 68.8 Å². The van der Waals surface area contributed by atoms with E-state index >= 15 is 0 Å². The van der Waals surface area contributed by atoms with Crippen LogP contribution in [0, 0.1) is 5.92 Å². The summed E-state index contributed by atoms with van der Waals surface area (Å²) in [5.41, 5.74) is -3.08. The molecular formula is C33H35NO7Se. The van der Waals surface area contributed by atoms with Crippen LogP contribution >= 0.6 is 0 Å². The summed E-state index contributed by atoms with van der Waals surface area (Å²) in [6.07, 6.45) is -0.642. The molecule has 2 aliphatic rings. The zero-order valence-corrected chi connectivity index (χ0v) is 25.6. The first kappa shape index (κ1) is 30.0. The predicted octanol–water partition coefficient (Wildman–Crippen LogP) is 3.71. The molecule has 3 aromatic rings. The summed E-state index contributed by atoms with van der Waals surface area (Å²) in [7, 11) is 0. The van der Waals surface area contributed by atoms with Gasteiger partial charge in [-0.25, -0.2) is 0 Å². The molecule has 9 heteroatoms. The fourth-order valence-corrected chi connectivity index (χ4v) is 7.88. The number of rotatable bonds is 10. The number of fused-ring (bicyclic) bond motifs is 1. The first-order chi connectivity index (χ1) is 20.1. The van der Waals surface area contributed by atoms with Crippen LogP contribution in [0.25, 0.3) is 0 Å². The third-order valence-electron chi connectivity index (χ3n) is 7.29. The average Bonchev–Trinajstić information content (AvgIpc) is 3.47. The van der Waals surface area contributed by atoms with E-state index in [9.17, 15) is 14.4 Å². The van der Waals surface area contributed by atoms with Gasteiger partial charge in [-0.05, 0) is 0 Å². The molecule has 4 atom stereocenters. The molecule has 220 valence electrons. The molecule has 0 aromatic heterocycles. The van der Waals surface area contributed by atoms with Crippen LogP contribution in [-0.2, 0) is 46.5 Å². The fourth-order valence-electron chi connectivity index (χ4n) is 5.33. The van der Waals surface area contributed by atoms with Crippen molar-refractivity contribution in [3.63, 3.8) is 0 Å². The summed E-state index contributed by atoms with van der Waals surface area (Å²) in [5, 5.41) is 2.98. The minimum atomic E-state index is -2.22. The van der Waals surface area contributed by atoms with Crippen LogP contribution in [0.4, 0.5) is 0 Å². The predicted molar refractivity (Wildman–Crippen MR) is 157 cm³/mol. The number of amides is 1. The Morgan fingerprint density at radius 2 is 1.45 bits per heavy atom. The molecule has 0 spiro atoms. The summed E-state index contributed by atoms with van der Waals surface area (Å²) in [5.74, 6) is -3.12. The Labute approximate surface area is 252 Å². The molecule has 0 radical (unpaired) electrons. The number of hydrogen-bond donors (Lipinski definition) is 1. The van der Waals surface area contributed by atoms with Gasteiger partial charge in [-0.15, -0.1) is 0 Å². The Hall–Kier alpha value is -3.49. The third-order valence-corrected chi connectivity index (χ3v) is 9.77. The molecule has 8 nitrogen and oxygen atoms in total. The van der Waals surface area contributed by atoms with Gasteiger partial charge in [-0.1, -0.05) is 0 Å². The summed E-state index contributed by atoms with van der Waals surface area (Å²) in [6.45, 7) is 5.30. The number of esters is 2. The van der Waals surface area contributed by atoms with Crippen LogP contribution in [-0.4, -0.2) is 55.8 Å². The fraction of sp³-hybridized carbons (Fsp3) is 0.364. The molecule has 2 saturated heterocycles. The summed E-state index contributed by atoms with van der Waals surface area (Å²) in [4.78, 5) is 42.1. The Morgan fingerprint density at radius 1 is 0.881 bits per heavy atom. The Bertz CT molecular complexity index is 1400. The van der Waals surface area contributed by atoms with Crippen LogP contribution in [0.5, 0.6) is 0 Å². The Kier molecular flexibility index (Phi) is 8.85. The number of nitrogens with one attached hydrogen (secondary N) is 1. The van der Waals surface area contributed by atoms with Crippen molar-refractivity contribution in [1.82, 2.24) is 5.32 Å². The van der Waals surface area contributed by atoms with E-state index < -0.39 is 46.8 Å². The molecule has 0 bridgehead atoms. The van der Waals surface area contributed by atoms with Crippen molar-refractivity contribution in [2.24, 2.45) is 5.92 Å². The topological polar surface area (TPSA) is 100 Å². The van der Waals surface area contributed by atoms with E-state index in [2.05, 4.69) is 5.32 Å². The SMILES string of the molecule is CC(C)(C)OC(=O)[C@]1(C(=O)OCc2ccccc2)NC(=O)[C@@H]2C[C@H](OCc3ccccc3)O[C@@]21C[Se]c1ccccc1. The second kappa shape index (κ2) is 12.4. The van der Waals surface area contributed by atoms with Crippen LogP contribution in [0.1, 0.15) is 38.3 Å². The van der Waals surface area contributed by atoms with Gasteiger partial charge in [0.2, 0.25) is 0 Å². The van der Waals surface area contributed by atoms with Gasteiger partial charge in [0, 0.05) is 0 Å². The maximum absolute atomic E-state index is 14.2. The van der Waals surface area contributed by atoms with Crippen LogP contribution in [0.2, 0.25) is 5.32 Å².